The first kappa shape index (κ1) is 20.6. The summed E-state index contributed by atoms with van der Waals surface area (Å²) in [5, 5.41) is 8.67. The quantitative estimate of drug-likeness (QED) is 0.418. The second kappa shape index (κ2) is 9.41. The van der Waals surface area contributed by atoms with E-state index in [2.05, 4.69) is 0 Å². The second-order valence-corrected chi connectivity index (χ2v) is 8.28. The van der Waals surface area contributed by atoms with Crippen molar-refractivity contribution in [2.45, 2.75) is 56.4 Å². The number of carboxylic acids is 1. The summed E-state index contributed by atoms with van der Waals surface area (Å²) >= 11 is 1.29. The Morgan fingerprint density at radius 2 is 1.93 bits per heavy atom. The standard InChI is InChI=1S/C22H24F2O3S/c1-14-11-17(22(19(24)12-14)27-16-5-2-3-6-16)15-8-9-20(18(23)13-15)28-10-4-7-21(25)26/h8-9,11-13,16H,2-7,10H2,1H3,(H,25,26). The van der Waals surface area contributed by atoms with Crippen molar-refractivity contribution in [3.8, 4) is 16.9 Å². The number of benzene rings is 2. The maximum atomic E-state index is 14.6. The number of carbonyl (C=O) groups is 1. The summed E-state index contributed by atoms with van der Waals surface area (Å²) in [7, 11) is 0. The number of hydrogen-bond donors (Lipinski definition) is 1. The van der Waals surface area contributed by atoms with E-state index >= 15 is 0 Å². The van der Waals surface area contributed by atoms with Gasteiger partial charge in [-0.05, 0) is 80.2 Å². The highest BCUT2D eigenvalue weighted by Crippen LogP contribution is 2.38. The molecule has 0 unspecified atom stereocenters. The molecule has 1 aliphatic rings. The van der Waals surface area contributed by atoms with Gasteiger partial charge in [0, 0.05) is 16.9 Å². The first-order chi connectivity index (χ1) is 13.4. The molecule has 0 saturated heterocycles. The fourth-order valence-corrected chi connectivity index (χ4v) is 4.30. The van der Waals surface area contributed by atoms with Crippen molar-refractivity contribution in [1.82, 2.24) is 0 Å². The zero-order chi connectivity index (χ0) is 20.1. The van der Waals surface area contributed by atoms with E-state index in [0.717, 1.165) is 31.2 Å². The highest BCUT2D eigenvalue weighted by molar-refractivity contribution is 7.99. The van der Waals surface area contributed by atoms with Crippen LogP contribution in [0, 0.1) is 18.6 Å². The molecule has 2 aromatic carbocycles. The number of aryl methyl sites for hydroxylation is 1. The Morgan fingerprint density at radius 3 is 2.61 bits per heavy atom. The van der Waals surface area contributed by atoms with E-state index in [0.29, 0.717) is 28.2 Å². The van der Waals surface area contributed by atoms with Gasteiger partial charge in [-0.3, -0.25) is 4.79 Å². The number of halogens is 2. The number of ether oxygens (including phenoxy) is 1. The predicted octanol–water partition coefficient (Wildman–Crippen LogP) is 6.22. The molecule has 3 nitrogen and oxygen atoms in total. The van der Waals surface area contributed by atoms with Gasteiger partial charge in [-0.25, -0.2) is 8.78 Å². The molecule has 6 heteroatoms. The van der Waals surface area contributed by atoms with Gasteiger partial charge < -0.3 is 9.84 Å². The van der Waals surface area contributed by atoms with Crippen LogP contribution in [0.25, 0.3) is 11.1 Å². The number of carboxylic acid groups (broad SMARTS) is 1. The SMILES string of the molecule is Cc1cc(F)c(OC2CCCC2)c(-c2ccc(SCCCC(=O)O)c(F)c2)c1. The van der Waals surface area contributed by atoms with Crippen LogP contribution in [0.3, 0.4) is 0 Å². The van der Waals surface area contributed by atoms with E-state index in [9.17, 15) is 13.6 Å². The molecule has 0 aliphatic heterocycles. The Kier molecular flexibility index (Phi) is 6.94. The molecule has 1 N–H and O–H groups in total. The topological polar surface area (TPSA) is 46.5 Å². The van der Waals surface area contributed by atoms with Crippen molar-refractivity contribution in [3.63, 3.8) is 0 Å². The van der Waals surface area contributed by atoms with Crippen molar-refractivity contribution >= 4 is 17.7 Å². The van der Waals surface area contributed by atoms with Gasteiger partial charge in [0.05, 0.1) is 6.10 Å². The number of thioether (sulfide) groups is 1. The molecule has 2 aromatic rings. The summed E-state index contributed by atoms with van der Waals surface area (Å²) in [6, 6.07) is 8.09. The minimum absolute atomic E-state index is 0.00451. The summed E-state index contributed by atoms with van der Waals surface area (Å²) in [4.78, 5) is 11.0. The van der Waals surface area contributed by atoms with Crippen molar-refractivity contribution in [2.75, 3.05) is 5.75 Å². The summed E-state index contributed by atoms with van der Waals surface area (Å²) in [5.41, 5.74) is 1.88. The number of hydrogen-bond acceptors (Lipinski definition) is 3. The molecular formula is C22H24F2O3S. The molecule has 0 amide bonds. The van der Waals surface area contributed by atoms with Crippen LogP contribution >= 0.6 is 11.8 Å². The van der Waals surface area contributed by atoms with Crippen LogP contribution in [0.2, 0.25) is 0 Å². The van der Waals surface area contributed by atoms with Gasteiger partial charge in [-0.1, -0.05) is 6.07 Å². The van der Waals surface area contributed by atoms with Crippen LogP contribution in [0.5, 0.6) is 5.75 Å². The van der Waals surface area contributed by atoms with Gasteiger partial charge in [-0.15, -0.1) is 11.8 Å². The minimum atomic E-state index is -0.854. The Morgan fingerprint density at radius 1 is 1.18 bits per heavy atom. The van der Waals surface area contributed by atoms with Gasteiger partial charge in [0.1, 0.15) is 5.82 Å². The van der Waals surface area contributed by atoms with Crippen molar-refractivity contribution in [1.29, 1.82) is 0 Å². The second-order valence-electron chi connectivity index (χ2n) is 7.14. The monoisotopic (exact) mass is 406 g/mol. The maximum absolute atomic E-state index is 14.6. The highest BCUT2D eigenvalue weighted by Gasteiger charge is 2.22. The van der Waals surface area contributed by atoms with Crippen molar-refractivity contribution in [3.05, 3.63) is 47.5 Å². The van der Waals surface area contributed by atoms with Crippen LogP contribution in [0.15, 0.2) is 35.2 Å². The summed E-state index contributed by atoms with van der Waals surface area (Å²) in [6.45, 7) is 1.80. The Hall–Kier alpha value is -2.08. The van der Waals surface area contributed by atoms with Crippen LogP contribution < -0.4 is 4.74 Å². The lowest BCUT2D eigenvalue weighted by Gasteiger charge is -2.18. The highest BCUT2D eigenvalue weighted by atomic mass is 32.2. The third-order valence-electron chi connectivity index (χ3n) is 4.81. The molecule has 3 rings (SSSR count). The molecule has 1 saturated carbocycles. The maximum Gasteiger partial charge on any atom is 0.303 e. The largest absolute Gasteiger partial charge is 0.487 e. The normalized spacial score (nSPS) is 14.4. The molecule has 1 aliphatic carbocycles. The third kappa shape index (κ3) is 5.25. The Labute approximate surface area is 168 Å². The van der Waals surface area contributed by atoms with Gasteiger partial charge in [-0.2, -0.15) is 0 Å². The van der Waals surface area contributed by atoms with Gasteiger partial charge in [0.15, 0.2) is 11.6 Å². The van der Waals surface area contributed by atoms with Crippen LogP contribution in [-0.4, -0.2) is 22.9 Å². The fraction of sp³-hybridized carbons (Fsp3) is 0.409. The average molecular weight is 406 g/mol. The molecule has 0 heterocycles. The average Bonchev–Trinajstić information content (AvgIpc) is 3.15. The molecule has 0 spiro atoms. The van der Waals surface area contributed by atoms with E-state index in [1.807, 2.05) is 6.07 Å². The molecule has 0 aromatic heterocycles. The Balaban J connectivity index is 1.82. The van der Waals surface area contributed by atoms with E-state index in [4.69, 9.17) is 9.84 Å². The van der Waals surface area contributed by atoms with Gasteiger partial charge in [0.25, 0.3) is 0 Å². The summed E-state index contributed by atoms with van der Waals surface area (Å²) < 4.78 is 35.2. The zero-order valence-corrected chi connectivity index (χ0v) is 16.7. The van der Waals surface area contributed by atoms with E-state index in [1.165, 1.54) is 23.9 Å². The fourth-order valence-electron chi connectivity index (χ4n) is 3.43. The van der Waals surface area contributed by atoms with E-state index < -0.39 is 17.6 Å². The lowest BCUT2D eigenvalue weighted by Crippen LogP contribution is -2.13. The van der Waals surface area contributed by atoms with Gasteiger partial charge >= 0.3 is 5.97 Å². The molecule has 0 bridgehead atoms. The summed E-state index contributed by atoms with van der Waals surface area (Å²) in [5.74, 6) is -0.954. The van der Waals surface area contributed by atoms with Crippen molar-refractivity contribution < 1.29 is 23.4 Å². The van der Waals surface area contributed by atoms with E-state index in [-0.39, 0.29) is 18.3 Å². The lowest BCUT2D eigenvalue weighted by molar-refractivity contribution is -0.137. The first-order valence-electron chi connectivity index (χ1n) is 9.55. The smallest absolute Gasteiger partial charge is 0.303 e. The number of aliphatic carboxylic acids is 1. The first-order valence-corrected chi connectivity index (χ1v) is 10.5. The molecule has 0 atom stereocenters. The van der Waals surface area contributed by atoms with E-state index in [1.54, 1.807) is 19.1 Å². The minimum Gasteiger partial charge on any atom is -0.487 e. The molecule has 28 heavy (non-hydrogen) atoms. The lowest BCUT2D eigenvalue weighted by atomic mass is 10.0. The summed E-state index contributed by atoms with van der Waals surface area (Å²) in [6.07, 6.45) is 4.53. The molecule has 0 radical (unpaired) electrons. The number of rotatable bonds is 8. The predicted molar refractivity (Wildman–Crippen MR) is 107 cm³/mol. The van der Waals surface area contributed by atoms with Crippen LogP contribution in [-0.2, 0) is 4.79 Å². The van der Waals surface area contributed by atoms with Crippen LogP contribution in [0.1, 0.15) is 44.1 Å². The molecule has 1 fully saturated rings. The zero-order valence-electron chi connectivity index (χ0n) is 15.8. The molecular weight excluding hydrogens is 382 g/mol. The molecule has 150 valence electrons. The Bertz CT molecular complexity index is 848. The van der Waals surface area contributed by atoms with Crippen molar-refractivity contribution in [2.24, 2.45) is 0 Å². The third-order valence-corrected chi connectivity index (χ3v) is 5.94. The van der Waals surface area contributed by atoms with Crippen LogP contribution in [0.4, 0.5) is 8.78 Å². The van der Waals surface area contributed by atoms with Gasteiger partial charge in [0.2, 0.25) is 0 Å².